The number of carbonyl (C=O) groups is 2. The number of aromatic nitrogens is 2. The molecule has 36 heavy (non-hydrogen) atoms. The Kier molecular flexibility index (Phi) is 8.25. The quantitative estimate of drug-likeness (QED) is 0.569. The van der Waals surface area contributed by atoms with Gasteiger partial charge in [0.2, 0.25) is 11.9 Å². The van der Waals surface area contributed by atoms with Crippen LogP contribution in [0.2, 0.25) is 0 Å². The fourth-order valence-electron chi connectivity index (χ4n) is 4.13. The molecule has 10 nitrogen and oxygen atoms in total. The summed E-state index contributed by atoms with van der Waals surface area (Å²) in [7, 11) is -0.511. The molecule has 2 atom stereocenters. The highest BCUT2D eigenvalue weighted by molar-refractivity contribution is 6.61. The molecular weight excluding hydrogens is 461 g/mol. The molecule has 0 aromatic carbocycles. The molecule has 3 rings (SSSR count). The number of carbonyl (C=O) groups excluding carboxylic acids is 2. The standard InChI is InChI=1S/C25H42BN5O5/c1-16(2)19(30-22(33)34-23(3,4)5)20(32)29-18-11-10-12-31(15-18)21-27-13-17(14-28-21)26-35-24(6,7)25(8,9)36-26/h13-14,16,18-19H,10-12,15H2,1-9H3,(H,29,32)(H,30,33)/t18-,19-/m1/s1. The van der Waals surface area contributed by atoms with E-state index in [4.69, 9.17) is 14.0 Å². The third-order valence-corrected chi connectivity index (χ3v) is 6.86. The van der Waals surface area contributed by atoms with E-state index in [0.717, 1.165) is 24.8 Å². The Morgan fingerprint density at radius 1 is 1.14 bits per heavy atom. The van der Waals surface area contributed by atoms with Gasteiger partial charge in [0, 0.05) is 37.0 Å². The zero-order chi connectivity index (χ0) is 26.9. The first-order valence-electron chi connectivity index (χ1n) is 12.8. The first-order valence-corrected chi connectivity index (χ1v) is 12.8. The summed E-state index contributed by atoms with van der Waals surface area (Å²) in [6.07, 6.45) is 4.61. The van der Waals surface area contributed by atoms with Crippen LogP contribution >= 0.6 is 0 Å². The van der Waals surface area contributed by atoms with Crippen molar-refractivity contribution in [2.75, 3.05) is 18.0 Å². The molecule has 1 aromatic heterocycles. The molecule has 0 bridgehead atoms. The van der Waals surface area contributed by atoms with Crippen LogP contribution in [0.4, 0.5) is 10.7 Å². The first kappa shape index (κ1) is 28.2. The largest absolute Gasteiger partial charge is 0.498 e. The molecule has 0 saturated carbocycles. The van der Waals surface area contributed by atoms with E-state index < -0.39 is 36.1 Å². The number of nitrogens with one attached hydrogen (secondary N) is 2. The minimum atomic E-state index is -0.689. The smallest absolute Gasteiger partial charge is 0.444 e. The van der Waals surface area contributed by atoms with Crippen LogP contribution in [-0.2, 0) is 18.8 Å². The average molecular weight is 503 g/mol. The monoisotopic (exact) mass is 503 g/mol. The number of anilines is 1. The highest BCUT2D eigenvalue weighted by Crippen LogP contribution is 2.36. The Hall–Kier alpha value is -2.40. The molecule has 200 valence electrons. The van der Waals surface area contributed by atoms with Gasteiger partial charge in [0.1, 0.15) is 11.6 Å². The van der Waals surface area contributed by atoms with Gasteiger partial charge in [-0.25, -0.2) is 14.8 Å². The number of piperidine rings is 1. The average Bonchev–Trinajstić information content (AvgIpc) is 2.98. The van der Waals surface area contributed by atoms with Gasteiger partial charge in [-0.15, -0.1) is 0 Å². The number of nitrogens with zero attached hydrogens (tertiary/aromatic N) is 3. The Morgan fingerprint density at radius 2 is 1.72 bits per heavy atom. The molecule has 0 aliphatic carbocycles. The molecule has 1 aromatic rings. The van der Waals surface area contributed by atoms with Crippen molar-refractivity contribution < 1.29 is 23.6 Å². The highest BCUT2D eigenvalue weighted by atomic mass is 16.7. The van der Waals surface area contributed by atoms with E-state index >= 15 is 0 Å². The zero-order valence-corrected chi connectivity index (χ0v) is 23.2. The van der Waals surface area contributed by atoms with E-state index in [9.17, 15) is 9.59 Å². The molecule has 0 radical (unpaired) electrons. The summed E-state index contributed by atoms with van der Waals surface area (Å²) in [5, 5.41) is 5.81. The van der Waals surface area contributed by atoms with E-state index in [0.29, 0.717) is 12.5 Å². The van der Waals surface area contributed by atoms with E-state index in [-0.39, 0.29) is 17.9 Å². The zero-order valence-electron chi connectivity index (χ0n) is 23.2. The number of hydrogen-bond acceptors (Lipinski definition) is 8. The summed E-state index contributed by atoms with van der Waals surface area (Å²) in [5.41, 5.74) is -0.724. The van der Waals surface area contributed by atoms with Crippen LogP contribution in [0.1, 0.15) is 75.2 Å². The van der Waals surface area contributed by atoms with Crippen LogP contribution in [0.3, 0.4) is 0 Å². The normalized spacial score (nSPS) is 22.3. The highest BCUT2D eigenvalue weighted by Gasteiger charge is 2.52. The van der Waals surface area contributed by atoms with Crippen LogP contribution in [0.25, 0.3) is 0 Å². The Balaban J connectivity index is 1.59. The molecule has 2 saturated heterocycles. The third-order valence-electron chi connectivity index (χ3n) is 6.86. The predicted molar refractivity (Wildman–Crippen MR) is 139 cm³/mol. The molecule has 11 heteroatoms. The van der Waals surface area contributed by atoms with Gasteiger partial charge in [-0.3, -0.25) is 4.79 Å². The van der Waals surface area contributed by atoms with Crippen molar-refractivity contribution in [2.24, 2.45) is 5.92 Å². The Labute approximate surface area is 215 Å². The van der Waals surface area contributed by atoms with Crippen molar-refractivity contribution in [3.63, 3.8) is 0 Å². The van der Waals surface area contributed by atoms with Gasteiger partial charge >= 0.3 is 13.2 Å². The molecule has 2 N–H and O–H groups in total. The molecule has 3 heterocycles. The number of amides is 2. The van der Waals surface area contributed by atoms with Gasteiger partial charge < -0.3 is 29.6 Å². The van der Waals surface area contributed by atoms with Crippen molar-refractivity contribution in [1.82, 2.24) is 20.6 Å². The van der Waals surface area contributed by atoms with E-state index in [1.54, 1.807) is 33.2 Å². The Morgan fingerprint density at radius 3 is 2.25 bits per heavy atom. The topological polar surface area (TPSA) is 115 Å². The second-order valence-corrected chi connectivity index (χ2v) is 12.1. The summed E-state index contributed by atoms with van der Waals surface area (Å²) in [5.74, 6) is 0.282. The maximum absolute atomic E-state index is 13.0. The number of alkyl carbamates (subject to hydrolysis) is 1. The fraction of sp³-hybridized carbons (Fsp3) is 0.760. The first-order chi connectivity index (χ1) is 16.6. The van der Waals surface area contributed by atoms with Crippen LogP contribution in [-0.4, -0.2) is 71.1 Å². The van der Waals surface area contributed by atoms with Crippen LogP contribution in [0.5, 0.6) is 0 Å². The van der Waals surface area contributed by atoms with Crippen molar-refractivity contribution in [3.05, 3.63) is 12.4 Å². The fourth-order valence-corrected chi connectivity index (χ4v) is 4.13. The predicted octanol–water partition coefficient (Wildman–Crippen LogP) is 2.41. The van der Waals surface area contributed by atoms with E-state index in [1.807, 2.05) is 41.5 Å². The lowest BCUT2D eigenvalue weighted by Crippen LogP contribution is -2.56. The number of ether oxygens (including phenoxy) is 1. The molecule has 2 amide bonds. The summed E-state index contributed by atoms with van der Waals surface area (Å²) < 4.78 is 17.5. The second-order valence-electron chi connectivity index (χ2n) is 12.1. The van der Waals surface area contributed by atoms with Crippen molar-refractivity contribution in [2.45, 2.75) is 104 Å². The molecule has 0 spiro atoms. The SMILES string of the molecule is CC(C)[C@@H](NC(=O)OC(C)(C)C)C(=O)N[C@@H]1CCCN(c2ncc(B3OC(C)(C)C(C)(C)O3)cn2)C1. The Bertz CT molecular complexity index is 916. The number of hydrogen-bond donors (Lipinski definition) is 2. The summed E-state index contributed by atoms with van der Waals surface area (Å²) in [6.45, 7) is 18.6. The van der Waals surface area contributed by atoms with Crippen molar-refractivity contribution in [1.29, 1.82) is 0 Å². The van der Waals surface area contributed by atoms with Gasteiger partial charge in [0.25, 0.3) is 0 Å². The minimum absolute atomic E-state index is 0.0840. The van der Waals surface area contributed by atoms with Gasteiger partial charge in [0.15, 0.2) is 0 Å². The van der Waals surface area contributed by atoms with Crippen LogP contribution in [0.15, 0.2) is 12.4 Å². The number of rotatable bonds is 6. The lowest BCUT2D eigenvalue weighted by atomic mass is 9.81. The van der Waals surface area contributed by atoms with Gasteiger partial charge in [-0.1, -0.05) is 13.8 Å². The lowest BCUT2D eigenvalue weighted by Gasteiger charge is -2.34. The summed E-state index contributed by atoms with van der Waals surface area (Å²) in [6, 6.07) is -0.773. The third kappa shape index (κ3) is 6.88. The molecular formula is C25H42BN5O5. The van der Waals surface area contributed by atoms with Crippen molar-refractivity contribution in [3.8, 4) is 0 Å². The van der Waals surface area contributed by atoms with Crippen LogP contribution in [0, 0.1) is 5.92 Å². The molecule has 2 aliphatic heterocycles. The second kappa shape index (κ2) is 10.5. The van der Waals surface area contributed by atoms with Gasteiger partial charge in [-0.05, 0) is 67.2 Å². The lowest BCUT2D eigenvalue weighted by molar-refractivity contribution is -0.125. The summed E-state index contributed by atoms with van der Waals surface area (Å²) in [4.78, 5) is 36.5. The molecule has 0 unspecified atom stereocenters. The van der Waals surface area contributed by atoms with Gasteiger partial charge in [-0.2, -0.15) is 0 Å². The van der Waals surface area contributed by atoms with Crippen LogP contribution < -0.4 is 21.0 Å². The maximum atomic E-state index is 13.0. The molecule has 2 aliphatic rings. The minimum Gasteiger partial charge on any atom is -0.444 e. The van der Waals surface area contributed by atoms with E-state index in [1.165, 1.54) is 0 Å². The van der Waals surface area contributed by atoms with Gasteiger partial charge in [0.05, 0.1) is 11.2 Å². The maximum Gasteiger partial charge on any atom is 0.498 e. The molecule has 2 fully saturated rings. The van der Waals surface area contributed by atoms with E-state index in [2.05, 4.69) is 25.5 Å². The van der Waals surface area contributed by atoms with Crippen molar-refractivity contribution >= 4 is 30.5 Å². The summed E-state index contributed by atoms with van der Waals surface area (Å²) >= 11 is 0.